The smallest absolute Gasteiger partial charge is 0.00667 e. The summed E-state index contributed by atoms with van der Waals surface area (Å²) in [5, 5.41) is 0. The highest BCUT2D eigenvalue weighted by molar-refractivity contribution is 5.44. The maximum absolute atomic E-state index is 2.49. The normalized spacial score (nSPS) is 17.8. The second kappa shape index (κ2) is 6.59. The summed E-state index contributed by atoms with van der Waals surface area (Å²) in [4.78, 5) is 0. The average Bonchev–Trinajstić information content (AvgIpc) is 2.35. The van der Waals surface area contributed by atoms with Crippen LogP contribution in [-0.4, -0.2) is 0 Å². The summed E-state index contributed by atoms with van der Waals surface area (Å²) < 4.78 is 0. The molecule has 1 rings (SSSR count). The van der Waals surface area contributed by atoms with Gasteiger partial charge in [0.25, 0.3) is 0 Å². The highest BCUT2D eigenvalue weighted by Gasteiger charge is 2.31. The van der Waals surface area contributed by atoms with Crippen LogP contribution in [0.2, 0.25) is 0 Å². The number of rotatable bonds is 5. The Labute approximate surface area is 120 Å². The fourth-order valence-corrected chi connectivity index (χ4v) is 3.24. The third kappa shape index (κ3) is 3.84. The molecule has 0 spiro atoms. The Balaban J connectivity index is 3.29. The van der Waals surface area contributed by atoms with Crippen LogP contribution in [0.5, 0.6) is 0 Å². The Hall–Kier alpha value is -0.780. The zero-order valence-electron chi connectivity index (χ0n) is 14.0. The molecule has 0 nitrogen and oxygen atoms in total. The van der Waals surface area contributed by atoms with Crippen molar-refractivity contribution in [3.8, 4) is 0 Å². The number of allylic oxidation sites excluding steroid dienone is 6. The molecule has 0 heteroatoms. The second-order valence-electron chi connectivity index (χ2n) is 7.06. The Morgan fingerprint density at radius 1 is 1.16 bits per heavy atom. The maximum Gasteiger partial charge on any atom is -0.00667 e. The lowest BCUT2D eigenvalue weighted by atomic mass is 9.68. The summed E-state index contributed by atoms with van der Waals surface area (Å²) >= 11 is 0. The molecule has 0 bridgehead atoms. The summed E-state index contributed by atoms with van der Waals surface area (Å²) in [7, 11) is 0. The molecule has 0 amide bonds. The van der Waals surface area contributed by atoms with E-state index >= 15 is 0 Å². The lowest BCUT2D eigenvalue weighted by Crippen LogP contribution is -2.23. The summed E-state index contributed by atoms with van der Waals surface area (Å²) in [6.45, 7) is 16.3. The molecule has 0 aromatic rings. The van der Waals surface area contributed by atoms with Gasteiger partial charge in [0, 0.05) is 0 Å². The Bertz CT molecular complexity index is 386. The molecule has 0 heterocycles. The zero-order valence-corrected chi connectivity index (χ0v) is 14.0. The lowest BCUT2D eigenvalue weighted by molar-refractivity contribution is 0.431. The maximum atomic E-state index is 2.49. The minimum atomic E-state index is 0.253. The molecule has 19 heavy (non-hydrogen) atoms. The second-order valence-corrected chi connectivity index (χ2v) is 7.06. The molecule has 0 aromatic carbocycles. The van der Waals surface area contributed by atoms with Crippen LogP contribution >= 0.6 is 0 Å². The molecule has 0 aliphatic heterocycles. The quantitative estimate of drug-likeness (QED) is 0.508. The van der Waals surface area contributed by atoms with E-state index in [2.05, 4.69) is 66.7 Å². The van der Waals surface area contributed by atoms with E-state index in [0.29, 0.717) is 11.8 Å². The van der Waals surface area contributed by atoms with Gasteiger partial charge < -0.3 is 0 Å². The van der Waals surface area contributed by atoms with Crippen LogP contribution in [0.4, 0.5) is 0 Å². The van der Waals surface area contributed by atoms with E-state index in [1.54, 1.807) is 16.7 Å². The van der Waals surface area contributed by atoms with Crippen LogP contribution in [0.3, 0.4) is 0 Å². The summed E-state index contributed by atoms with van der Waals surface area (Å²) in [5.74, 6) is 1.30. The van der Waals surface area contributed by atoms with Crippen LogP contribution in [0, 0.1) is 17.3 Å². The van der Waals surface area contributed by atoms with Crippen molar-refractivity contribution in [2.24, 2.45) is 17.3 Å². The largest absolute Gasteiger partial charge is 0.0916 e. The summed E-state index contributed by atoms with van der Waals surface area (Å²) in [5.41, 5.74) is 5.20. The van der Waals surface area contributed by atoms with Crippen molar-refractivity contribution in [3.63, 3.8) is 0 Å². The van der Waals surface area contributed by atoms with Crippen molar-refractivity contribution in [1.82, 2.24) is 0 Å². The lowest BCUT2D eigenvalue weighted by Gasteiger charge is -2.37. The van der Waals surface area contributed by atoms with Crippen molar-refractivity contribution >= 4 is 0 Å². The molecule has 1 aliphatic carbocycles. The predicted octanol–water partition coefficient (Wildman–Crippen LogP) is 6.31. The first-order chi connectivity index (χ1) is 8.81. The third-order valence-corrected chi connectivity index (χ3v) is 4.25. The van der Waals surface area contributed by atoms with Gasteiger partial charge in [0.1, 0.15) is 0 Å². The van der Waals surface area contributed by atoms with Gasteiger partial charge >= 0.3 is 0 Å². The molecule has 0 N–H and O–H groups in total. The van der Waals surface area contributed by atoms with Crippen molar-refractivity contribution in [2.45, 2.75) is 67.7 Å². The predicted molar refractivity (Wildman–Crippen MR) is 87.2 cm³/mol. The van der Waals surface area contributed by atoms with Gasteiger partial charge in [0.15, 0.2) is 0 Å². The summed E-state index contributed by atoms with van der Waals surface area (Å²) in [6, 6.07) is 0. The zero-order chi connectivity index (χ0) is 14.6. The molecule has 0 radical (unpaired) electrons. The Kier molecular flexibility index (Phi) is 5.64. The van der Waals surface area contributed by atoms with Crippen molar-refractivity contribution in [1.29, 1.82) is 0 Å². The molecule has 0 saturated heterocycles. The van der Waals surface area contributed by atoms with Crippen LogP contribution in [-0.2, 0) is 0 Å². The van der Waals surface area contributed by atoms with Gasteiger partial charge in [0.2, 0.25) is 0 Å². The third-order valence-electron chi connectivity index (χ3n) is 4.25. The van der Waals surface area contributed by atoms with E-state index in [-0.39, 0.29) is 5.41 Å². The van der Waals surface area contributed by atoms with Crippen molar-refractivity contribution in [2.75, 3.05) is 0 Å². The fraction of sp³-hybridized carbons (Fsp3) is 0.684. The Morgan fingerprint density at radius 2 is 1.79 bits per heavy atom. The molecule has 1 aliphatic rings. The van der Waals surface area contributed by atoms with Crippen LogP contribution in [0.25, 0.3) is 0 Å². The van der Waals surface area contributed by atoms with E-state index in [1.165, 1.54) is 12.8 Å². The highest BCUT2D eigenvalue weighted by Crippen LogP contribution is 2.45. The van der Waals surface area contributed by atoms with Crippen LogP contribution < -0.4 is 0 Å². The van der Waals surface area contributed by atoms with Crippen LogP contribution in [0.1, 0.15) is 67.7 Å². The highest BCUT2D eigenvalue weighted by atomic mass is 14.4. The molecule has 0 atom stereocenters. The minimum Gasteiger partial charge on any atom is -0.0916 e. The molecular weight excluding hydrogens is 228 g/mol. The van der Waals surface area contributed by atoms with E-state index in [0.717, 1.165) is 6.42 Å². The minimum absolute atomic E-state index is 0.253. The van der Waals surface area contributed by atoms with Crippen molar-refractivity contribution in [3.05, 3.63) is 34.9 Å². The van der Waals surface area contributed by atoms with Gasteiger partial charge in [-0.25, -0.2) is 0 Å². The fourth-order valence-electron chi connectivity index (χ4n) is 3.24. The summed E-state index contributed by atoms with van der Waals surface area (Å²) in [6.07, 6.45) is 10.6. The monoisotopic (exact) mass is 260 g/mol. The molecular formula is C19H32. The molecule has 0 saturated carbocycles. The van der Waals surface area contributed by atoms with Gasteiger partial charge in [-0.1, -0.05) is 65.3 Å². The first-order valence-corrected chi connectivity index (χ1v) is 7.86. The van der Waals surface area contributed by atoms with Crippen LogP contribution in [0.15, 0.2) is 34.9 Å². The average molecular weight is 260 g/mol. The van der Waals surface area contributed by atoms with E-state index in [4.69, 9.17) is 0 Å². The number of hydrogen-bond donors (Lipinski definition) is 0. The first-order valence-electron chi connectivity index (χ1n) is 7.86. The van der Waals surface area contributed by atoms with E-state index in [9.17, 15) is 0 Å². The van der Waals surface area contributed by atoms with Gasteiger partial charge in [0.05, 0.1) is 0 Å². The molecule has 0 aromatic heterocycles. The van der Waals surface area contributed by atoms with E-state index in [1.807, 2.05) is 0 Å². The van der Waals surface area contributed by atoms with Gasteiger partial charge in [-0.3, -0.25) is 0 Å². The standard InChI is InChI=1S/C19H32/c1-8-9-13-19(6,7)18-16(14(2)3)11-10-12-17(18)15(4)5/h8-9,11,14-15H,10,12-13H2,1-7H3/b9-8-. The number of hydrogen-bond acceptors (Lipinski definition) is 0. The van der Waals surface area contributed by atoms with Gasteiger partial charge in [-0.2, -0.15) is 0 Å². The van der Waals surface area contributed by atoms with Gasteiger partial charge in [-0.05, 0) is 54.6 Å². The first kappa shape index (κ1) is 16.3. The Morgan fingerprint density at radius 3 is 2.26 bits per heavy atom. The molecule has 108 valence electrons. The van der Waals surface area contributed by atoms with Gasteiger partial charge in [-0.15, -0.1) is 0 Å². The van der Waals surface area contributed by atoms with E-state index < -0.39 is 0 Å². The molecule has 0 fully saturated rings. The topological polar surface area (TPSA) is 0 Å². The molecule has 0 unspecified atom stereocenters. The van der Waals surface area contributed by atoms with Crippen molar-refractivity contribution < 1.29 is 0 Å². The SMILES string of the molecule is C/C=C\CC(C)(C)C1=C(C(C)C)CCC=C1C(C)C.